The second kappa shape index (κ2) is 35.7. The van der Waals surface area contributed by atoms with Crippen LogP contribution in [0.15, 0.2) is 11.8 Å². The van der Waals surface area contributed by atoms with E-state index in [1.165, 1.54) is 34.9 Å². The van der Waals surface area contributed by atoms with Crippen LogP contribution in [0.25, 0.3) is 0 Å². The number of fused-ring (bicyclic) bond motifs is 1. The quantitative estimate of drug-likeness (QED) is 0.0343. The molecule has 0 unspecified atom stereocenters. The third-order valence-electron chi connectivity index (χ3n) is 15.1. The molecule has 2 aliphatic heterocycles. The van der Waals surface area contributed by atoms with E-state index < -0.39 is 186 Å². The summed E-state index contributed by atoms with van der Waals surface area (Å²) in [6, 6.07) is -14.4. The van der Waals surface area contributed by atoms with E-state index in [4.69, 9.17) is 27.8 Å². The van der Waals surface area contributed by atoms with E-state index >= 15 is 0 Å². The van der Waals surface area contributed by atoms with Crippen molar-refractivity contribution < 1.29 is 77.6 Å². The van der Waals surface area contributed by atoms with Crippen molar-refractivity contribution in [3.8, 4) is 0 Å². The highest BCUT2D eigenvalue weighted by Crippen LogP contribution is 2.25. The van der Waals surface area contributed by atoms with Crippen LogP contribution in [0.2, 0.25) is 0 Å². The Morgan fingerprint density at radius 1 is 0.702 bits per heavy atom. The Morgan fingerprint density at radius 2 is 1.26 bits per heavy atom. The number of nitrogens with zero attached hydrogens (tertiary/aromatic N) is 2. The van der Waals surface area contributed by atoms with E-state index in [2.05, 4.69) is 42.5 Å². The Kier molecular flexibility index (Phi) is 31.3. The number of methoxy groups -OCH3 is 1. The first-order chi connectivity index (χ1) is 39.3. The number of carbonyl (C=O) groups is 12. The summed E-state index contributed by atoms with van der Waals surface area (Å²) in [6.07, 6.45) is -0.653. The number of aliphatic hydroxyl groups is 3. The lowest BCUT2D eigenvalue weighted by Crippen LogP contribution is -2.63. The molecule has 0 bridgehead atoms. The minimum Gasteiger partial charge on any atom is -0.391 e. The summed E-state index contributed by atoms with van der Waals surface area (Å²) in [5.41, 5.74) is 10.5. The average molecular weight is 1210 g/mol. The van der Waals surface area contributed by atoms with Gasteiger partial charge >= 0.3 is 0 Å². The molecule has 2 aliphatic rings. The van der Waals surface area contributed by atoms with Crippen molar-refractivity contribution in [2.45, 2.75) is 230 Å². The van der Waals surface area contributed by atoms with E-state index in [0.717, 1.165) is 68.2 Å². The fourth-order valence-electron chi connectivity index (χ4n) is 9.66. The number of amides is 12. The number of hydrogen-bond donors (Lipinski definition) is 13. The number of primary amides is 2. The maximum absolute atomic E-state index is 14.7. The van der Waals surface area contributed by atoms with Crippen molar-refractivity contribution in [2.75, 3.05) is 20.7 Å². The van der Waals surface area contributed by atoms with Gasteiger partial charge in [0.15, 0.2) is 6.10 Å². The SMILES string of the molecule is C/C=C1/NC(=O)[C@H](C(C)C)NC(=O)[C@H](O)[C@@H]([C@@H](C)CCCCCCC[C@H](Cl)CC)NC(=O)[C@@H]2CCCN2C(=O)[C@H](CC(N)=O)N(C)C(=O)[C@H]([C@@H](C)OC)NC(=O)[C@@H](C)NC(=O)[C@H](CCC(N)=O)NC(=O)[C@H]([C@@H](C)O)NC(=O)[C@H]([C@@H](C)O)NC1=O. The van der Waals surface area contributed by atoms with Crippen molar-refractivity contribution in [3.63, 3.8) is 0 Å². The third kappa shape index (κ3) is 22.5. The Hall–Kier alpha value is -6.49. The zero-order valence-electron chi connectivity index (χ0n) is 50.3. The largest absolute Gasteiger partial charge is 0.391 e. The van der Waals surface area contributed by atoms with Gasteiger partial charge in [-0.1, -0.05) is 65.9 Å². The number of rotatable bonds is 20. The van der Waals surface area contributed by atoms with Gasteiger partial charge in [0, 0.05) is 32.5 Å². The van der Waals surface area contributed by atoms with Crippen LogP contribution in [0.1, 0.15) is 146 Å². The van der Waals surface area contributed by atoms with Crippen molar-refractivity contribution in [2.24, 2.45) is 23.3 Å². The number of allylic oxidation sites excluding steroid dienone is 1. The van der Waals surface area contributed by atoms with E-state index in [1.807, 2.05) is 6.92 Å². The van der Waals surface area contributed by atoms with Gasteiger partial charge in [0.05, 0.1) is 30.8 Å². The molecule has 0 aromatic rings. The number of nitrogens with one attached hydrogen (secondary N) is 8. The predicted octanol–water partition coefficient (Wildman–Crippen LogP) is -2.41. The molecule has 15 N–H and O–H groups in total. The number of aliphatic hydroxyl groups excluding tert-OH is 3. The number of nitrogens with two attached hydrogens (primary N) is 2. The molecular formula is C55H93ClN12O16. The molecule has 29 heteroatoms. The molecule has 0 radical (unpaired) electrons. The summed E-state index contributed by atoms with van der Waals surface area (Å²) in [5.74, 6) is -13.7. The summed E-state index contributed by atoms with van der Waals surface area (Å²) in [4.78, 5) is 168. The minimum absolute atomic E-state index is 0.0451. The van der Waals surface area contributed by atoms with Crippen LogP contribution >= 0.6 is 11.6 Å². The Bertz CT molecular complexity index is 2340. The average Bonchev–Trinajstić information content (AvgIpc) is 3.87. The summed E-state index contributed by atoms with van der Waals surface area (Å²) in [7, 11) is 2.38. The Morgan fingerprint density at radius 3 is 1.81 bits per heavy atom. The van der Waals surface area contributed by atoms with Crippen molar-refractivity contribution in [1.29, 1.82) is 0 Å². The van der Waals surface area contributed by atoms with Crippen LogP contribution in [-0.4, -0.2) is 201 Å². The van der Waals surface area contributed by atoms with E-state index in [-0.39, 0.29) is 24.8 Å². The fourth-order valence-corrected chi connectivity index (χ4v) is 9.81. The topological polar surface area (TPSA) is 430 Å². The lowest BCUT2D eigenvalue weighted by Gasteiger charge is -2.36. The Balaban J connectivity index is 2.82. The van der Waals surface area contributed by atoms with Crippen LogP contribution < -0.4 is 54.0 Å². The molecule has 2 rings (SSSR count). The van der Waals surface area contributed by atoms with Gasteiger partial charge in [-0.2, -0.15) is 0 Å². The number of hydrogen-bond acceptors (Lipinski definition) is 16. The summed E-state index contributed by atoms with van der Waals surface area (Å²) < 4.78 is 5.43. The van der Waals surface area contributed by atoms with Gasteiger partial charge in [0.2, 0.25) is 59.1 Å². The molecule has 2 heterocycles. The lowest BCUT2D eigenvalue weighted by atomic mass is 9.90. The normalized spacial score (nSPS) is 28.0. The van der Waals surface area contributed by atoms with Gasteiger partial charge in [-0.3, -0.25) is 57.5 Å². The number of ether oxygens (including phenoxy) is 1. The molecule has 0 spiro atoms. The minimum atomic E-state index is -2.02. The second-order valence-electron chi connectivity index (χ2n) is 22.2. The lowest BCUT2D eigenvalue weighted by molar-refractivity contribution is -0.151. The molecule has 84 heavy (non-hydrogen) atoms. The fraction of sp³-hybridized carbons (Fsp3) is 0.745. The number of alkyl halides is 1. The Labute approximate surface area is 496 Å². The zero-order valence-corrected chi connectivity index (χ0v) is 51.0. The first-order valence-electron chi connectivity index (χ1n) is 28.8. The highest BCUT2D eigenvalue weighted by Gasteiger charge is 2.45. The van der Waals surface area contributed by atoms with Crippen LogP contribution in [-0.2, 0) is 62.3 Å². The summed E-state index contributed by atoms with van der Waals surface area (Å²) >= 11 is 6.30. The van der Waals surface area contributed by atoms with Crippen molar-refractivity contribution in [1.82, 2.24) is 52.3 Å². The molecule has 2 saturated heterocycles. The van der Waals surface area contributed by atoms with Gasteiger partial charge in [-0.25, -0.2) is 0 Å². The maximum Gasteiger partial charge on any atom is 0.268 e. The molecule has 15 atom stereocenters. The predicted molar refractivity (Wildman–Crippen MR) is 307 cm³/mol. The number of likely N-dealkylation sites (N-methyl/N-ethyl adjacent to an activating group) is 1. The van der Waals surface area contributed by atoms with Gasteiger partial charge in [-0.15, -0.1) is 11.6 Å². The zero-order chi connectivity index (χ0) is 63.9. The molecule has 0 aliphatic carbocycles. The third-order valence-corrected chi connectivity index (χ3v) is 15.6. The highest BCUT2D eigenvalue weighted by atomic mass is 35.5. The summed E-state index contributed by atoms with van der Waals surface area (Å²) in [5, 5.41) is 52.9. The first kappa shape index (κ1) is 73.6. The molecule has 0 aromatic carbocycles. The molecule has 0 saturated carbocycles. The van der Waals surface area contributed by atoms with E-state index in [0.29, 0.717) is 12.8 Å². The molecule has 0 aromatic heterocycles. The molecule has 476 valence electrons. The molecule has 28 nitrogen and oxygen atoms in total. The smallest absolute Gasteiger partial charge is 0.268 e. The van der Waals surface area contributed by atoms with E-state index in [9.17, 15) is 72.9 Å². The summed E-state index contributed by atoms with van der Waals surface area (Å²) in [6.45, 7) is 13.0. The maximum atomic E-state index is 14.7. The highest BCUT2D eigenvalue weighted by molar-refractivity contribution is 6.20. The number of halogens is 1. The van der Waals surface area contributed by atoms with Crippen molar-refractivity contribution >= 4 is 82.5 Å². The van der Waals surface area contributed by atoms with Gasteiger partial charge in [0.25, 0.3) is 11.8 Å². The van der Waals surface area contributed by atoms with Crippen LogP contribution in [0.3, 0.4) is 0 Å². The molecule has 12 amide bonds. The first-order valence-corrected chi connectivity index (χ1v) is 29.2. The van der Waals surface area contributed by atoms with Crippen molar-refractivity contribution in [3.05, 3.63) is 11.8 Å². The number of carbonyl (C=O) groups excluding carboxylic acids is 12. The molecule has 2 fully saturated rings. The number of unbranched alkanes of at least 4 members (excludes halogenated alkanes) is 4. The van der Waals surface area contributed by atoms with Crippen LogP contribution in [0.4, 0.5) is 0 Å². The van der Waals surface area contributed by atoms with Gasteiger partial charge in [-0.05, 0) is 85.0 Å². The van der Waals surface area contributed by atoms with Crippen LogP contribution in [0.5, 0.6) is 0 Å². The second-order valence-corrected chi connectivity index (χ2v) is 22.8. The molecular weight excluding hydrogens is 1120 g/mol. The van der Waals surface area contributed by atoms with Gasteiger partial charge in [0.1, 0.15) is 54.0 Å². The monoisotopic (exact) mass is 1210 g/mol. The van der Waals surface area contributed by atoms with E-state index in [1.54, 1.807) is 20.8 Å². The standard InChI is InChI=1S/C55H93ClN12O16/c1-12-33(56)21-18-16-14-15-17-20-28(5)41-45(73)53(81)62-40(27(3)4)50(78)60-34(13-2)47(75)64-43(31(8)70)52(80)65-42(30(7)69)51(79)61-35(23-24-38(57)71)48(76)59-29(6)46(74)66-44(32(9)84-11)55(83)67(10)37(26-39(58)72)54(82)68-25-19-22-36(68)49(77)63-41/h13,27-33,35-37,40-45,69-70,73H,12,14-26H2,1-11H3,(H2,57,71)(H2,58,72)(H,59,76)(H,60,78)(H,61,79)(H,62,81)(H,63,77)(H,64,75)(H,65,80)(H,66,74)/b34-13+/t28-,29+,30+,31+,32+,33+,35-,36-,37-,40-,41+,42-,43-,44-,45+/m0/s1. The van der Waals surface area contributed by atoms with Gasteiger partial charge < -0.3 is 83.9 Å². The van der Waals surface area contributed by atoms with Crippen LogP contribution in [0, 0.1) is 11.8 Å².